The summed E-state index contributed by atoms with van der Waals surface area (Å²) in [5.74, 6) is 0. The minimum Gasteiger partial charge on any atom is -0.353 e. The number of hydrogen-bond donors (Lipinski definition) is 1. The van der Waals surface area contributed by atoms with Gasteiger partial charge in [-0.25, -0.2) is 4.98 Å². The summed E-state index contributed by atoms with van der Waals surface area (Å²) >= 11 is 1.68. The van der Waals surface area contributed by atoms with E-state index in [-0.39, 0.29) is 0 Å². The summed E-state index contributed by atoms with van der Waals surface area (Å²) in [4.78, 5) is 4.46. The van der Waals surface area contributed by atoms with Crippen molar-refractivity contribution in [1.82, 2.24) is 4.98 Å². The Morgan fingerprint density at radius 2 is 2.00 bits per heavy atom. The largest absolute Gasteiger partial charge is 0.353 e. The Balaban J connectivity index is 2.36. The number of nitrogens with zero attached hydrogens (tertiary/aromatic N) is 1. The van der Waals surface area contributed by atoms with E-state index in [0.29, 0.717) is 0 Å². The lowest BCUT2D eigenvalue weighted by molar-refractivity contribution is -0.387. The van der Waals surface area contributed by atoms with E-state index in [1.54, 1.807) is 11.3 Å². The highest BCUT2D eigenvalue weighted by molar-refractivity contribution is 7.13. The van der Waals surface area contributed by atoms with Crippen LogP contribution in [0.1, 0.15) is 5.69 Å². The number of aromatic nitrogens is 1. The molecule has 13 heavy (non-hydrogen) atoms. The molecule has 0 saturated carbocycles. The molecule has 0 saturated heterocycles. The summed E-state index contributed by atoms with van der Waals surface area (Å²) in [5, 5.41) is 3.15. The molecule has 0 atom stereocenters. The maximum atomic E-state index is 4.46. The molecule has 1 aromatic heterocycles. The lowest BCUT2D eigenvalue weighted by Gasteiger charge is -1.92. The number of hydrogen-bond acceptors (Lipinski definition) is 2. The molecule has 2 aromatic rings. The average Bonchev–Trinajstić information content (AvgIpc) is 2.67. The third kappa shape index (κ3) is 1.76. The smallest absolute Gasteiger partial charge is 0.123 e. The molecule has 0 aliphatic rings. The zero-order chi connectivity index (χ0) is 9.10. The Bertz CT molecular complexity index is 381. The summed E-state index contributed by atoms with van der Waals surface area (Å²) in [5.41, 5.74) is 6.07. The number of thiazole rings is 1. The van der Waals surface area contributed by atoms with Crippen LogP contribution in [-0.2, 0) is 6.54 Å². The molecule has 0 amide bonds. The van der Waals surface area contributed by atoms with Crippen molar-refractivity contribution in [3.63, 3.8) is 0 Å². The summed E-state index contributed by atoms with van der Waals surface area (Å²) in [6.07, 6.45) is 0. The van der Waals surface area contributed by atoms with Crippen molar-refractivity contribution >= 4 is 11.3 Å². The topological polar surface area (TPSA) is 40.5 Å². The van der Waals surface area contributed by atoms with E-state index >= 15 is 0 Å². The van der Waals surface area contributed by atoms with E-state index < -0.39 is 0 Å². The van der Waals surface area contributed by atoms with Crippen LogP contribution < -0.4 is 5.73 Å². The van der Waals surface area contributed by atoms with E-state index in [0.717, 1.165) is 17.2 Å². The van der Waals surface area contributed by atoms with Crippen LogP contribution in [0.15, 0.2) is 35.7 Å². The minimum atomic E-state index is 0.767. The highest BCUT2D eigenvalue weighted by atomic mass is 32.1. The zero-order valence-corrected chi connectivity index (χ0v) is 8.05. The Morgan fingerprint density at radius 3 is 2.62 bits per heavy atom. The molecule has 66 valence electrons. The SMILES string of the molecule is [NH3+]Cc1csc(-c2ccccc2)n1. The second-order valence-electron chi connectivity index (χ2n) is 2.76. The zero-order valence-electron chi connectivity index (χ0n) is 7.23. The van der Waals surface area contributed by atoms with Crippen LogP contribution in [0, 0.1) is 0 Å². The predicted molar refractivity (Wildman–Crippen MR) is 54.1 cm³/mol. The molecule has 3 heteroatoms. The van der Waals surface area contributed by atoms with Gasteiger partial charge in [-0.2, -0.15) is 0 Å². The Hall–Kier alpha value is -1.19. The molecule has 2 rings (SSSR count). The van der Waals surface area contributed by atoms with Crippen molar-refractivity contribution < 1.29 is 5.73 Å². The lowest BCUT2D eigenvalue weighted by atomic mass is 10.2. The second kappa shape index (κ2) is 3.68. The highest BCUT2D eigenvalue weighted by Gasteiger charge is 2.02. The van der Waals surface area contributed by atoms with Crippen LogP contribution >= 0.6 is 11.3 Å². The Labute approximate surface area is 81.1 Å². The van der Waals surface area contributed by atoms with E-state index in [4.69, 9.17) is 0 Å². The molecule has 0 radical (unpaired) electrons. The van der Waals surface area contributed by atoms with Gasteiger partial charge in [0.15, 0.2) is 0 Å². The van der Waals surface area contributed by atoms with Crippen LogP contribution in [-0.4, -0.2) is 4.98 Å². The van der Waals surface area contributed by atoms with Gasteiger partial charge in [0, 0.05) is 10.9 Å². The van der Waals surface area contributed by atoms with Crippen molar-refractivity contribution in [3.8, 4) is 10.6 Å². The van der Waals surface area contributed by atoms with Gasteiger partial charge in [-0.1, -0.05) is 30.3 Å². The van der Waals surface area contributed by atoms with Crippen molar-refractivity contribution in [3.05, 3.63) is 41.4 Å². The summed E-state index contributed by atoms with van der Waals surface area (Å²) < 4.78 is 0. The van der Waals surface area contributed by atoms with Crippen LogP contribution in [0.5, 0.6) is 0 Å². The minimum absolute atomic E-state index is 0.767. The normalized spacial score (nSPS) is 10.2. The lowest BCUT2D eigenvalue weighted by Crippen LogP contribution is -2.47. The monoisotopic (exact) mass is 191 g/mol. The molecule has 0 aliphatic heterocycles. The van der Waals surface area contributed by atoms with Gasteiger partial charge in [-0.3, -0.25) is 0 Å². The fourth-order valence-corrected chi connectivity index (χ4v) is 2.00. The van der Waals surface area contributed by atoms with Crippen molar-refractivity contribution in [1.29, 1.82) is 0 Å². The maximum Gasteiger partial charge on any atom is 0.123 e. The predicted octanol–water partition coefficient (Wildman–Crippen LogP) is 1.55. The van der Waals surface area contributed by atoms with E-state index in [9.17, 15) is 0 Å². The third-order valence-electron chi connectivity index (χ3n) is 1.83. The van der Waals surface area contributed by atoms with Crippen molar-refractivity contribution in [2.24, 2.45) is 0 Å². The van der Waals surface area contributed by atoms with Crippen LogP contribution in [0.2, 0.25) is 0 Å². The molecule has 1 heterocycles. The fraction of sp³-hybridized carbons (Fsp3) is 0.100. The Kier molecular flexibility index (Phi) is 2.38. The molecule has 0 unspecified atom stereocenters. The average molecular weight is 191 g/mol. The Morgan fingerprint density at radius 1 is 1.23 bits per heavy atom. The van der Waals surface area contributed by atoms with Gasteiger partial charge in [-0.05, 0) is 0 Å². The third-order valence-corrected chi connectivity index (χ3v) is 2.77. The van der Waals surface area contributed by atoms with Gasteiger partial charge in [0.2, 0.25) is 0 Å². The summed E-state index contributed by atoms with van der Waals surface area (Å²) in [7, 11) is 0. The first kappa shape index (κ1) is 8.41. The van der Waals surface area contributed by atoms with E-state index in [1.807, 2.05) is 18.2 Å². The molecule has 0 fully saturated rings. The van der Waals surface area contributed by atoms with Crippen LogP contribution in [0.4, 0.5) is 0 Å². The summed E-state index contributed by atoms with van der Waals surface area (Å²) in [6, 6.07) is 10.2. The van der Waals surface area contributed by atoms with Gasteiger partial charge >= 0.3 is 0 Å². The van der Waals surface area contributed by atoms with Gasteiger partial charge < -0.3 is 5.73 Å². The molecule has 3 N–H and O–H groups in total. The van der Waals surface area contributed by atoms with Gasteiger partial charge in [0.05, 0.1) is 0 Å². The first-order valence-electron chi connectivity index (χ1n) is 4.19. The number of benzene rings is 1. The first-order valence-corrected chi connectivity index (χ1v) is 5.07. The fourth-order valence-electron chi connectivity index (χ4n) is 1.14. The van der Waals surface area contributed by atoms with E-state index in [2.05, 4.69) is 28.2 Å². The number of quaternary nitrogens is 1. The number of rotatable bonds is 2. The molecule has 2 nitrogen and oxygen atoms in total. The molecular formula is C10H11N2S+. The highest BCUT2D eigenvalue weighted by Crippen LogP contribution is 2.22. The standard InChI is InChI=1S/C10H10N2S/c11-6-9-7-13-10(12-9)8-4-2-1-3-5-8/h1-5,7H,6,11H2/p+1. The molecule has 0 bridgehead atoms. The van der Waals surface area contributed by atoms with Crippen molar-refractivity contribution in [2.75, 3.05) is 0 Å². The van der Waals surface area contributed by atoms with Crippen LogP contribution in [0.25, 0.3) is 10.6 Å². The van der Waals surface area contributed by atoms with Crippen LogP contribution in [0.3, 0.4) is 0 Å². The summed E-state index contributed by atoms with van der Waals surface area (Å²) in [6.45, 7) is 0.767. The van der Waals surface area contributed by atoms with Gasteiger partial charge in [-0.15, -0.1) is 11.3 Å². The molecule has 0 spiro atoms. The molecular weight excluding hydrogens is 180 g/mol. The van der Waals surface area contributed by atoms with Gasteiger partial charge in [0.25, 0.3) is 0 Å². The second-order valence-corrected chi connectivity index (χ2v) is 3.62. The first-order chi connectivity index (χ1) is 6.40. The van der Waals surface area contributed by atoms with Crippen molar-refractivity contribution in [2.45, 2.75) is 6.54 Å². The van der Waals surface area contributed by atoms with Gasteiger partial charge in [0.1, 0.15) is 17.2 Å². The van der Waals surface area contributed by atoms with E-state index in [1.165, 1.54) is 5.56 Å². The molecule has 1 aromatic carbocycles. The maximum absolute atomic E-state index is 4.46. The quantitative estimate of drug-likeness (QED) is 0.768. The molecule has 0 aliphatic carbocycles.